The normalized spacial score (nSPS) is 18.7. The van der Waals surface area contributed by atoms with Crippen molar-refractivity contribution in [2.24, 2.45) is 5.92 Å². The van der Waals surface area contributed by atoms with Gasteiger partial charge in [0.15, 0.2) is 0 Å². The zero-order chi connectivity index (χ0) is 17.1. The van der Waals surface area contributed by atoms with Crippen molar-refractivity contribution in [1.29, 1.82) is 0 Å². The molecule has 0 amide bonds. The fourth-order valence-electron chi connectivity index (χ4n) is 3.07. The van der Waals surface area contributed by atoms with Gasteiger partial charge in [0.25, 0.3) is 0 Å². The van der Waals surface area contributed by atoms with Gasteiger partial charge in [0, 0.05) is 6.08 Å². The molecule has 23 heavy (non-hydrogen) atoms. The Bertz CT molecular complexity index is 454. The van der Waals surface area contributed by atoms with Gasteiger partial charge in [-0.05, 0) is 70.3 Å². The van der Waals surface area contributed by atoms with E-state index in [1.54, 1.807) is 6.08 Å². The van der Waals surface area contributed by atoms with Crippen LogP contribution in [0.5, 0.6) is 0 Å². The first-order valence-electron chi connectivity index (χ1n) is 9.31. The third kappa shape index (κ3) is 8.20. The number of allylic oxidation sites excluding steroid dienone is 5. The molecule has 0 aromatic carbocycles. The van der Waals surface area contributed by atoms with E-state index in [9.17, 15) is 4.79 Å². The fraction of sp³-hybridized carbons (Fsp3) is 0.667. The molecule has 0 saturated carbocycles. The highest BCUT2D eigenvalue weighted by molar-refractivity contribution is 5.83. The van der Waals surface area contributed by atoms with E-state index in [-0.39, 0.29) is 5.97 Å². The summed E-state index contributed by atoms with van der Waals surface area (Å²) < 4.78 is 5.02. The predicted octanol–water partition coefficient (Wildman–Crippen LogP) is 6.14. The Balaban J connectivity index is 2.58. The molecule has 2 nitrogen and oxygen atoms in total. The fourth-order valence-corrected chi connectivity index (χ4v) is 3.07. The van der Waals surface area contributed by atoms with Gasteiger partial charge in [-0.1, -0.05) is 43.6 Å². The largest absolute Gasteiger partial charge is 0.463 e. The lowest BCUT2D eigenvalue weighted by atomic mass is 9.86. The van der Waals surface area contributed by atoms with Gasteiger partial charge in [-0.25, -0.2) is 4.79 Å². The summed E-state index contributed by atoms with van der Waals surface area (Å²) in [4.78, 5) is 11.6. The minimum absolute atomic E-state index is 0.202. The molecule has 0 radical (unpaired) electrons. The summed E-state index contributed by atoms with van der Waals surface area (Å²) in [5, 5.41) is 0. The van der Waals surface area contributed by atoms with E-state index in [1.165, 1.54) is 43.3 Å². The highest BCUT2D eigenvalue weighted by atomic mass is 16.5. The molecular weight excluding hydrogens is 284 g/mol. The monoisotopic (exact) mass is 318 g/mol. The van der Waals surface area contributed by atoms with Gasteiger partial charge < -0.3 is 4.74 Å². The second-order valence-corrected chi connectivity index (χ2v) is 6.59. The molecule has 0 heterocycles. The van der Waals surface area contributed by atoms with Gasteiger partial charge in [-0.15, -0.1) is 0 Å². The average Bonchev–Trinajstić information content (AvgIpc) is 2.54. The Morgan fingerprint density at radius 1 is 1.30 bits per heavy atom. The van der Waals surface area contributed by atoms with Crippen LogP contribution < -0.4 is 0 Å². The Morgan fingerprint density at radius 3 is 2.74 bits per heavy atom. The van der Waals surface area contributed by atoms with Crippen molar-refractivity contribution < 1.29 is 9.53 Å². The number of hydrogen-bond donors (Lipinski definition) is 0. The summed E-state index contributed by atoms with van der Waals surface area (Å²) in [5.41, 5.74) is 4.15. The summed E-state index contributed by atoms with van der Waals surface area (Å²) in [6, 6.07) is 0. The number of rotatable bonds is 9. The van der Waals surface area contributed by atoms with Crippen molar-refractivity contribution in [2.45, 2.75) is 79.1 Å². The molecule has 2 heteroatoms. The summed E-state index contributed by atoms with van der Waals surface area (Å²) in [6.07, 6.45) is 15.7. The maximum absolute atomic E-state index is 11.6. The molecule has 1 aliphatic carbocycles. The van der Waals surface area contributed by atoms with Crippen LogP contribution in [0.25, 0.3) is 0 Å². The SMILES string of the molecule is CCOC(=O)/C=C1/C=C(CC(CC)CC/C=C(\C)CC)CCC1. The Morgan fingerprint density at radius 2 is 2.09 bits per heavy atom. The van der Waals surface area contributed by atoms with Crippen molar-refractivity contribution in [2.75, 3.05) is 6.61 Å². The van der Waals surface area contributed by atoms with Crippen molar-refractivity contribution >= 4 is 5.97 Å². The number of ether oxygens (including phenoxy) is 1. The zero-order valence-electron chi connectivity index (χ0n) is 15.5. The maximum atomic E-state index is 11.6. The smallest absolute Gasteiger partial charge is 0.331 e. The standard InChI is InChI=1S/C21H34O2/c1-5-17(4)10-8-11-18(6-2)14-19-12-9-13-20(15-19)16-21(22)23-7-3/h10,15-16,18H,5-9,11-14H2,1-4H3/b17-10+,20-16+. The van der Waals surface area contributed by atoms with Gasteiger partial charge in [0.05, 0.1) is 6.61 Å². The molecule has 0 saturated heterocycles. The molecule has 1 atom stereocenters. The van der Waals surface area contributed by atoms with Gasteiger partial charge >= 0.3 is 5.97 Å². The van der Waals surface area contributed by atoms with Crippen LogP contribution >= 0.6 is 0 Å². The highest BCUT2D eigenvalue weighted by Crippen LogP contribution is 2.30. The van der Waals surface area contributed by atoms with Gasteiger partial charge in [0.2, 0.25) is 0 Å². The zero-order valence-corrected chi connectivity index (χ0v) is 15.5. The Hall–Kier alpha value is -1.31. The molecular formula is C21H34O2. The van der Waals surface area contributed by atoms with E-state index in [0.717, 1.165) is 30.8 Å². The van der Waals surface area contributed by atoms with Gasteiger partial charge in [-0.3, -0.25) is 0 Å². The van der Waals surface area contributed by atoms with Crippen LogP contribution in [0.4, 0.5) is 0 Å². The first-order valence-corrected chi connectivity index (χ1v) is 9.31. The third-order valence-electron chi connectivity index (χ3n) is 4.70. The number of carbonyl (C=O) groups is 1. The topological polar surface area (TPSA) is 26.3 Å². The van der Waals surface area contributed by atoms with Crippen LogP contribution in [0, 0.1) is 5.92 Å². The highest BCUT2D eigenvalue weighted by Gasteiger charge is 2.13. The van der Waals surface area contributed by atoms with Crippen LogP contribution in [0.2, 0.25) is 0 Å². The van der Waals surface area contributed by atoms with Crippen LogP contribution in [-0.4, -0.2) is 12.6 Å². The molecule has 0 aromatic rings. The first kappa shape index (κ1) is 19.7. The minimum atomic E-state index is -0.202. The van der Waals surface area contributed by atoms with Crippen LogP contribution in [-0.2, 0) is 9.53 Å². The molecule has 1 rings (SSSR count). The van der Waals surface area contributed by atoms with Crippen molar-refractivity contribution in [1.82, 2.24) is 0 Å². The molecule has 0 N–H and O–H groups in total. The summed E-state index contributed by atoms with van der Waals surface area (Å²) in [7, 11) is 0. The van der Waals surface area contributed by atoms with E-state index < -0.39 is 0 Å². The molecule has 1 aliphatic rings. The van der Waals surface area contributed by atoms with Gasteiger partial charge in [-0.2, -0.15) is 0 Å². The van der Waals surface area contributed by atoms with E-state index in [1.807, 2.05) is 6.92 Å². The van der Waals surface area contributed by atoms with Crippen molar-refractivity contribution in [3.63, 3.8) is 0 Å². The van der Waals surface area contributed by atoms with E-state index in [0.29, 0.717) is 6.61 Å². The minimum Gasteiger partial charge on any atom is -0.463 e. The molecule has 0 aliphatic heterocycles. The lowest BCUT2D eigenvalue weighted by molar-refractivity contribution is -0.137. The second-order valence-electron chi connectivity index (χ2n) is 6.59. The lowest BCUT2D eigenvalue weighted by Gasteiger charge is -2.20. The Labute approximate surface area is 142 Å². The van der Waals surface area contributed by atoms with Crippen LogP contribution in [0.1, 0.15) is 79.1 Å². The van der Waals surface area contributed by atoms with Gasteiger partial charge in [0.1, 0.15) is 0 Å². The molecule has 0 spiro atoms. The summed E-state index contributed by atoms with van der Waals surface area (Å²) in [5.74, 6) is 0.552. The quantitative estimate of drug-likeness (QED) is 0.290. The average molecular weight is 319 g/mol. The number of hydrogen-bond acceptors (Lipinski definition) is 2. The predicted molar refractivity (Wildman–Crippen MR) is 98.3 cm³/mol. The first-order chi connectivity index (χ1) is 11.1. The lowest BCUT2D eigenvalue weighted by Crippen LogP contribution is -2.06. The van der Waals surface area contributed by atoms with Crippen molar-refractivity contribution in [3.05, 3.63) is 34.9 Å². The summed E-state index contributed by atoms with van der Waals surface area (Å²) in [6.45, 7) is 9.02. The number of carbonyl (C=O) groups excluding carboxylic acids is 1. The third-order valence-corrected chi connectivity index (χ3v) is 4.70. The van der Waals surface area contributed by atoms with E-state index in [4.69, 9.17) is 4.74 Å². The molecule has 1 unspecified atom stereocenters. The molecule has 0 bridgehead atoms. The second kappa shape index (κ2) is 11.3. The van der Waals surface area contributed by atoms with Crippen LogP contribution in [0.3, 0.4) is 0 Å². The van der Waals surface area contributed by atoms with Crippen LogP contribution in [0.15, 0.2) is 34.9 Å². The maximum Gasteiger partial charge on any atom is 0.331 e. The molecule has 0 aromatic heterocycles. The summed E-state index contributed by atoms with van der Waals surface area (Å²) >= 11 is 0. The number of esters is 1. The van der Waals surface area contributed by atoms with Crippen molar-refractivity contribution in [3.8, 4) is 0 Å². The Kier molecular flexibility index (Phi) is 9.66. The van der Waals surface area contributed by atoms with E-state index in [2.05, 4.69) is 32.9 Å². The molecule has 0 fully saturated rings. The van der Waals surface area contributed by atoms with E-state index >= 15 is 0 Å². The molecule has 130 valence electrons.